The van der Waals surface area contributed by atoms with Gasteiger partial charge >= 0.3 is 0 Å². The zero-order valence-electron chi connectivity index (χ0n) is 12.1. The monoisotopic (exact) mass is 300 g/mol. The predicted octanol–water partition coefficient (Wildman–Crippen LogP) is 4.78. The first kappa shape index (κ1) is 15.2. The minimum Gasteiger partial charge on any atom is -0.492 e. The lowest BCUT2D eigenvalue weighted by atomic mass is 10.1. The van der Waals surface area contributed by atoms with Crippen molar-refractivity contribution in [2.45, 2.75) is 19.9 Å². The van der Waals surface area contributed by atoms with E-state index in [9.17, 15) is 0 Å². The molecule has 0 saturated carbocycles. The van der Waals surface area contributed by atoms with E-state index in [2.05, 4.69) is 11.4 Å². The molecule has 2 aromatic carbocycles. The number of nitrogens with zero attached hydrogens (tertiary/aromatic N) is 1. The molecule has 0 amide bonds. The van der Waals surface area contributed by atoms with Crippen LogP contribution in [0.25, 0.3) is 0 Å². The van der Waals surface area contributed by atoms with E-state index in [4.69, 9.17) is 21.6 Å². The number of hydrogen-bond acceptors (Lipinski definition) is 3. The highest BCUT2D eigenvalue weighted by molar-refractivity contribution is 6.32. The zero-order chi connectivity index (χ0) is 15.2. The number of halogens is 1. The second kappa shape index (κ2) is 7.01. The number of benzene rings is 2. The number of ether oxygens (including phenoxy) is 1. The fourth-order valence-corrected chi connectivity index (χ4v) is 2.31. The molecule has 2 aromatic rings. The molecule has 0 bridgehead atoms. The summed E-state index contributed by atoms with van der Waals surface area (Å²) < 4.78 is 5.42. The lowest BCUT2D eigenvalue weighted by molar-refractivity contribution is 0.340. The van der Waals surface area contributed by atoms with Gasteiger partial charge in [0.05, 0.1) is 23.3 Å². The Labute approximate surface area is 130 Å². The van der Waals surface area contributed by atoms with Crippen molar-refractivity contribution < 1.29 is 4.74 Å². The summed E-state index contributed by atoms with van der Waals surface area (Å²) in [7, 11) is 0. The largest absolute Gasteiger partial charge is 0.492 e. The normalized spacial score (nSPS) is 11.5. The SMILES string of the molecule is CCOc1ccc(NC(C)c2cccc(C#N)c2)cc1Cl. The first-order chi connectivity index (χ1) is 10.1. The number of hydrogen-bond donors (Lipinski definition) is 1. The topological polar surface area (TPSA) is 45.0 Å². The van der Waals surface area contributed by atoms with Crippen LogP contribution < -0.4 is 10.1 Å². The summed E-state index contributed by atoms with van der Waals surface area (Å²) in [5, 5.41) is 12.9. The van der Waals surface area contributed by atoms with Crippen molar-refractivity contribution in [3.05, 3.63) is 58.6 Å². The summed E-state index contributed by atoms with van der Waals surface area (Å²) in [6, 6.07) is 15.4. The lowest BCUT2D eigenvalue weighted by Crippen LogP contribution is -2.06. The molecular formula is C17H17ClN2O. The molecule has 0 aliphatic rings. The van der Waals surface area contributed by atoms with Crippen LogP contribution in [0, 0.1) is 11.3 Å². The van der Waals surface area contributed by atoms with Gasteiger partial charge in [-0.25, -0.2) is 0 Å². The second-order valence-electron chi connectivity index (χ2n) is 4.68. The Morgan fingerprint density at radius 2 is 2.10 bits per heavy atom. The third-order valence-electron chi connectivity index (χ3n) is 3.13. The molecule has 3 nitrogen and oxygen atoms in total. The standard InChI is InChI=1S/C17H17ClN2O/c1-3-21-17-8-7-15(10-16(17)18)20-12(2)14-6-4-5-13(9-14)11-19/h4-10,12,20H,3H2,1-2H3. The number of nitrogens with one attached hydrogen (secondary N) is 1. The molecule has 21 heavy (non-hydrogen) atoms. The molecule has 2 rings (SSSR count). The van der Waals surface area contributed by atoms with Crippen molar-refractivity contribution in [1.82, 2.24) is 0 Å². The fourth-order valence-electron chi connectivity index (χ4n) is 2.07. The molecule has 0 spiro atoms. The van der Waals surface area contributed by atoms with Gasteiger partial charge in [-0.05, 0) is 49.7 Å². The quantitative estimate of drug-likeness (QED) is 0.864. The first-order valence-corrected chi connectivity index (χ1v) is 7.20. The molecule has 0 aliphatic heterocycles. The summed E-state index contributed by atoms with van der Waals surface area (Å²) in [5.41, 5.74) is 2.63. The van der Waals surface area contributed by atoms with Gasteiger partial charge in [0, 0.05) is 11.7 Å². The Morgan fingerprint density at radius 1 is 1.29 bits per heavy atom. The molecule has 1 atom stereocenters. The van der Waals surface area contributed by atoms with Crippen LogP contribution >= 0.6 is 11.6 Å². The fraction of sp³-hybridized carbons (Fsp3) is 0.235. The summed E-state index contributed by atoms with van der Waals surface area (Å²) in [6.45, 7) is 4.55. The van der Waals surface area contributed by atoms with Crippen LogP contribution in [0.3, 0.4) is 0 Å². The Bertz CT molecular complexity index is 664. The van der Waals surface area contributed by atoms with Gasteiger partial charge in [0.1, 0.15) is 5.75 Å². The van der Waals surface area contributed by atoms with E-state index < -0.39 is 0 Å². The lowest BCUT2D eigenvalue weighted by Gasteiger charge is -2.17. The van der Waals surface area contributed by atoms with E-state index in [-0.39, 0.29) is 6.04 Å². The maximum atomic E-state index is 8.95. The first-order valence-electron chi connectivity index (χ1n) is 6.83. The van der Waals surface area contributed by atoms with Gasteiger partial charge in [0.2, 0.25) is 0 Å². The molecule has 0 aliphatic carbocycles. The zero-order valence-corrected chi connectivity index (χ0v) is 12.8. The smallest absolute Gasteiger partial charge is 0.138 e. The van der Waals surface area contributed by atoms with E-state index in [0.29, 0.717) is 22.9 Å². The molecule has 0 saturated heterocycles. The molecular weight excluding hydrogens is 284 g/mol. The van der Waals surface area contributed by atoms with Crippen molar-refractivity contribution in [2.75, 3.05) is 11.9 Å². The number of rotatable bonds is 5. The van der Waals surface area contributed by atoms with Crippen molar-refractivity contribution in [3.8, 4) is 11.8 Å². The van der Waals surface area contributed by atoms with Gasteiger partial charge in [-0.2, -0.15) is 5.26 Å². The third kappa shape index (κ3) is 3.90. The Hall–Kier alpha value is -2.18. The Kier molecular flexibility index (Phi) is 5.08. The van der Waals surface area contributed by atoms with Crippen LogP contribution in [-0.4, -0.2) is 6.61 Å². The third-order valence-corrected chi connectivity index (χ3v) is 3.43. The molecule has 0 radical (unpaired) electrons. The number of anilines is 1. The van der Waals surface area contributed by atoms with E-state index in [1.807, 2.05) is 50.2 Å². The van der Waals surface area contributed by atoms with E-state index >= 15 is 0 Å². The van der Waals surface area contributed by atoms with Crippen LogP contribution in [-0.2, 0) is 0 Å². The summed E-state index contributed by atoms with van der Waals surface area (Å²) >= 11 is 6.18. The van der Waals surface area contributed by atoms with E-state index in [1.54, 1.807) is 6.07 Å². The van der Waals surface area contributed by atoms with Gasteiger partial charge in [0.25, 0.3) is 0 Å². The van der Waals surface area contributed by atoms with Crippen LogP contribution in [0.1, 0.15) is 31.0 Å². The summed E-state index contributed by atoms with van der Waals surface area (Å²) in [4.78, 5) is 0. The molecule has 0 fully saturated rings. The predicted molar refractivity (Wildman–Crippen MR) is 85.8 cm³/mol. The highest BCUT2D eigenvalue weighted by Gasteiger charge is 2.08. The van der Waals surface area contributed by atoms with Crippen molar-refractivity contribution in [3.63, 3.8) is 0 Å². The second-order valence-corrected chi connectivity index (χ2v) is 5.09. The average Bonchev–Trinajstić information content (AvgIpc) is 2.50. The van der Waals surface area contributed by atoms with Crippen molar-refractivity contribution >= 4 is 17.3 Å². The molecule has 1 unspecified atom stereocenters. The minimum atomic E-state index is 0.0762. The van der Waals surface area contributed by atoms with Gasteiger partial charge < -0.3 is 10.1 Å². The highest BCUT2D eigenvalue weighted by atomic mass is 35.5. The Morgan fingerprint density at radius 3 is 2.76 bits per heavy atom. The van der Waals surface area contributed by atoms with Crippen LogP contribution in [0.5, 0.6) is 5.75 Å². The van der Waals surface area contributed by atoms with Gasteiger partial charge in [0.15, 0.2) is 0 Å². The maximum Gasteiger partial charge on any atom is 0.138 e. The number of nitriles is 1. The van der Waals surface area contributed by atoms with Crippen molar-refractivity contribution in [2.24, 2.45) is 0 Å². The maximum absolute atomic E-state index is 8.95. The minimum absolute atomic E-state index is 0.0762. The van der Waals surface area contributed by atoms with Gasteiger partial charge in [-0.1, -0.05) is 23.7 Å². The summed E-state index contributed by atoms with van der Waals surface area (Å²) in [5.74, 6) is 0.684. The molecule has 0 heterocycles. The van der Waals surface area contributed by atoms with E-state index in [0.717, 1.165) is 11.3 Å². The molecule has 1 N–H and O–H groups in total. The molecule has 4 heteroatoms. The van der Waals surface area contributed by atoms with Crippen LogP contribution in [0.2, 0.25) is 5.02 Å². The Balaban J connectivity index is 2.14. The van der Waals surface area contributed by atoms with E-state index in [1.165, 1.54) is 0 Å². The van der Waals surface area contributed by atoms with Gasteiger partial charge in [-0.3, -0.25) is 0 Å². The van der Waals surface area contributed by atoms with Gasteiger partial charge in [-0.15, -0.1) is 0 Å². The average molecular weight is 301 g/mol. The van der Waals surface area contributed by atoms with Crippen LogP contribution in [0.15, 0.2) is 42.5 Å². The summed E-state index contributed by atoms with van der Waals surface area (Å²) in [6.07, 6.45) is 0. The van der Waals surface area contributed by atoms with Crippen LogP contribution in [0.4, 0.5) is 5.69 Å². The van der Waals surface area contributed by atoms with Crippen molar-refractivity contribution in [1.29, 1.82) is 5.26 Å². The highest BCUT2D eigenvalue weighted by Crippen LogP contribution is 2.29. The molecule has 0 aromatic heterocycles. The molecule has 108 valence electrons.